The number of sulfonamides is 1. The Morgan fingerprint density at radius 1 is 1.22 bits per heavy atom. The molecule has 0 saturated carbocycles. The summed E-state index contributed by atoms with van der Waals surface area (Å²) in [6, 6.07) is 5.82. The van der Waals surface area contributed by atoms with Gasteiger partial charge in [0.1, 0.15) is 16.3 Å². The molecule has 1 aliphatic heterocycles. The van der Waals surface area contributed by atoms with Gasteiger partial charge in [-0.2, -0.15) is 4.31 Å². The van der Waals surface area contributed by atoms with Gasteiger partial charge in [0.15, 0.2) is 0 Å². The molecule has 1 aliphatic rings. The van der Waals surface area contributed by atoms with Crippen LogP contribution in [-0.4, -0.2) is 48.9 Å². The summed E-state index contributed by atoms with van der Waals surface area (Å²) in [6.45, 7) is 5.24. The molecule has 2 heterocycles. The Labute approximate surface area is 187 Å². The highest BCUT2D eigenvalue weighted by Crippen LogP contribution is 2.32. The first kappa shape index (κ1) is 23.9. The molecule has 8 nitrogen and oxygen atoms in total. The molecule has 1 N–H and O–H groups in total. The van der Waals surface area contributed by atoms with Gasteiger partial charge in [0.25, 0.3) is 0 Å². The third-order valence-corrected chi connectivity index (χ3v) is 7.91. The molecule has 10 heteroatoms. The number of amides is 1. The van der Waals surface area contributed by atoms with Gasteiger partial charge in [0.05, 0.1) is 18.2 Å². The van der Waals surface area contributed by atoms with Crippen molar-refractivity contribution >= 4 is 27.6 Å². The van der Waals surface area contributed by atoms with E-state index in [1.54, 1.807) is 38.5 Å². The van der Waals surface area contributed by atoms with E-state index in [0.29, 0.717) is 24.2 Å². The topological polar surface area (TPSA) is 97.7 Å². The number of anilines is 1. The summed E-state index contributed by atoms with van der Waals surface area (Å²) in [6.07, 6.45) is 0.942. The fourth-order valence-electron chi connectivity index (χ4n) is 3.98. The first-order valence-corrected chi connectivity index (χ1v) is 11.9. The van der Waals surface area contributed by atoms with Crippen LogP contribution >= 0.6 is 0 Å². The largest absolute Gasteiger partial charge is 0.462 e. The smallest absolute Gasteiger partial charge is 0.341 e. The van der Waals surface area contributed by atoms with E-state index in [9.17, 15) is 22.4 Å². The minimum Gasteiger partial charge on any atom is -0.462 e. The second-order valence-electron chi connectivity index (χ2n) is 7.83. The van der Waals surface area contributed by atoms with E-state index in [1.165, 1.54) is 22.5 Å². The Kier molecular flexibility index (Phi) is 7.04. The molecule has 1 fully saturated rings. The Morgan fingerprint density at radius 3 is 2.56 bits per heavy atom. The minimum atomic E-state index is -4.08. The number of hydrogen-bond acceptors (Lipinski definition) is 5. The van der Waals surface area contributed by atoms with Gasteiger partial charge in [-0.1, -0.05) is 12.1 Å². The third kappa shape index (κ3) is 4.42. The highest BCUT2D eigenvalue weighted by atomic mass is 32.2. The maximum Gasteiger partial charge on any atom is 0.341 e. The van der Waals surface area contributed by atoms with Crippen molar-refractivity contribution in [3.05, 3.63) is 47.0 Å². The second kappa shape index (κ2) is 9.41. The molecule has 1 aromatic carbocycles. The fraction of sp³-hybridized carbons (Fsp3) is 0.455. The fourth-order valence-corrected chi connectivity index (χ4v) is 5.98. The summed E-state index contributed by atoms with van der Waals surface area (Å²) in [5, 5.41) is 2.55. The number of piperidine rings is 1. The van der Waals surface area contributed by atoms with Gasteiger partial charge in [-0.15, -0.1) is 0 Å². The van der Waals surface area contributed by atoms with Gasteiger partial charge < -0.3 is 14.6 Å². The molecule has 0 radical (unpaired) electrons. The van der Waals surface area contributed by atoms with Crippen molar-refractivity contribution in [2.24, 2.45) is 13.0 Å². The molecule has 1 saturated heterocycles. The standard InChI is InChI=1S/C22H28FN3O5S/c1-5-31-22(28)19-14(2)25(4)15(3)20(19)32(29,30)26-12-8-9-16(13-26)21(27)24-18-11-7-6-10-17(18)23/h6-7,10-11,16H,5,8-9,12-13H2,1-4H3,(H,24,27)/t16-/m1/s1. The van der Waals surface area contributed by atoms with Crippen LogP contribution < -0.4 is 5.32 Å². The number of hydrogen-bond donors (Lipinski definition) is 1. The van der Waals surface area contributed by atoms with Gasteiger partial charge in [-0.25, -0.2) is 17.6 Å². The van der Waals surface area contributed by atoms with E-state index >= 15 is 0 Å². The summed E-state index contributed by atoms with van der Waals surface area (Å²) in [7, 11) is -2.39. The molecule has 1 amide bonds. The summed E-state index contributed by atoms with van der Waals surface area (Å²) in [5.74, 6) is -2.34. The number of rotatable bonds is 6. The molecule has 32 heavy (non-hydrogen) atoms. The molecule has 3 rings (SSSR count). The van der Waals surface area contributed by atoms with E-state index in [1.807, 2.05) is 0 Å². The van der Waals surface area contributed by atoms with E-state index in [0.717, 1.165) is 0 Å². The van der Waals surface area contributed by atoms with Crippen LogP contribution in [-0.2, 0) is 26.6 Å². The Bertz CT molecular complexity index is 1140. The van der Waals surface area contributed by atoms with Crippen LogP contribution in [0.1, 0.15) is 41.5 Å². The number of nitrogens with one attached hydrogen (secondary N) is 1. The summed E-state index contributed by atoms with van der Waals surface area (Å²) in [5.41, 5.74) is 0.982. The van der Waals surface area contributed by atoms with Crippen LogP contribution in [0.5, 0.6) is 0 Å². The van der Waals surface area contributed by atoms with Crippen molar-refractivity contribution in [3.8, 4) is 0 Å². The first-order valence-electron chi connectivity index (χ1n) is 10.5. The molecule has 0 unspecified atom stereocenters. The molecule has 1 atom stereocenters. The lowest BCUT2D eigenvalue weighted by molar-refractivity contribution is -0.120. The zero-order chi connectivity index (χ0) is 23.6. The zero-order valence-corrected chi connectivity index (χ0v) is 19.5. The predicted octanol–water partition coefficient (Wildman–Crippen LogP) is 3.00. The van der Waals surface area contributed by atoms with Gasteiger partial charge in [-0.3, -0.25) is 4.79 Å². The average molecular weight is 466 g/mol. The molecule has 1 aromatic heterocycles. The number of nitrogens with zero attached hydrogens (tertiary/aromatic N) is 2. The third-order valence-electron chi connectivity index (χ3n) is 5.89. The molecular formula is C22H28FN3O5S. The quantitative estimate of drug-likeness (QED) is 0.662. The lowest BCUT2D eigenvalue weighted by atomic mass is 9.98. The van der Waals surface area contributed by atoms with Crippen LogP contribution in [0, 0.1) is 25.6 Å². The Hall–Kier alpha value is -2.72. The van der Waals surface area contributed by atoms with Crippen LogP contribution in [0.25, 0.3) is 0 Å². The molecular weight excluding hydrogens is 437 g/mol. The summed E-state index contributed by atoms with van der Waals surface area (Å²) < 4.78 is 49.1. The van der Waals surface area contributed by atoms with Crippen molar-refractivity contribution in [1.29, 1.82) is 0 Å². The van der Waals surface area contributed by atoms with Crippen molar-refractivity contribution < 1.29 is 27.1 Å². The molecule has 0 bridgehead atoms. The van der Waals surface area contributed by atoms with Gasteiger partial charge >= 0.3 is 5.97 Å². The summed E-state index contributed by atoms with van der Waals surface area (Å²) >= 11 is 0. The second-order valence-corrected chi connectivity index (χ2v) is 9.70. The van der Waals surface area contributed by atoms with E-state index in [2.05, 4.69) is 5.32 Å². The number of ether oxygens (including phenoxy) is 1. The van der Waals surface area contributed by atoms with E-state index < -0.39 is 33.6 Å². The zero-order valence-electron chi connectivity index (χ0n) is 18.6. The number of carbonyl (C=O) groups is 2. The SMILES string of the molecule is CCOC(=O)c1c(S(=O)(=O)N2CCC[C@@H](C(=O)Nc3ccccc3F)C2)c(C)n(C)c1C. The van der Waals surface area contributed by atoms with E-state index in [4.69, 9.17) is 4.74 Å². The lowest BCUT2D eigenvalue weighted by Crippen LogP contribution is -2.44. The Balaban J connectivity index is 1.90. The van der Waals surface area contributed by atoms with Crippen molar-refractivity contribution in [2.45, 2.75) is 38.5 Å². The number of aromatic nitrogens is 1. The Morgan fingerprint density at radius 2 is 1.91 bits per heavy atom. The van der Waals surface area contributed by atoms with Crippen molar-refractivity contribution in [3.63, 3.8) is 0 Å². The van der Waals surface area contributed by atoms with Crippen molar-refractivity contribution in [1.82, 2.24) is 8.87 Å². The number of carbonyl (C=O) groups excluding carboxylic acids is 2. The number of halogens is 1. The lowest BCUT2D eigenvalue weighted by Gasteiger charge is -2.31. The number of para-hydroxylation sites is 1. The maximum absolute atomic E-state index is 13.9. The van der Waals surface area contributed by atoms with E-state index in [-0.39, 0.29) is 35.8 Å². The normalized spacial score (nSPS) is 17.2. The minimum absolute atomic E-state index is 0.0183. The average Bonchev–Trinajstić information content (AvgIpc) is 3.00. The van der Waals surface area contributed by atoms with Crippen LogP contribution in [0.2, 0.25) is 0 Å². The van der Waals surface area contributed by atoms with Crippen LogP contribution in [0.4, 0.5) is 10.1 Å². The molecule has 2 aromatic rings. The highest BCUT2D eigenvalue weighted by Gasteiger charge is 2.39. The van der Waals surface area contributed by atoms with Gasteiger partial charge in [0.2, 0.25) is 15.9 Å². The summed E-state index contributed by atoms with van der Waals surface area (Å²) in [4.78, 5) is 25.2. The number of benzene rings is 1. The maximum atomic E-state index is 13.9. The highest BCUT2D eigenvalue weighted by molar-refractivity contribution is 7.89. The monoisotopic (exact) mass is 465 g/mol. The molecule has 0 spiro atoms. The van der Waals surface area contributed by atoms with Gasteiger partial charge in [-0.05, 0) is 45.7 Å². The molecule has 0 aliphatic carbocycles. The first-order chi connectivity index (χ1) is 15.1. The van der Waals surface area contributed by atoms with Crippen LogP contribution in [0.15, 0.2) is 29.2 Å². The predicted molar refractivity (Wildman–Crippen MR) is 117 cm³/mol. The molecule has 174 valence electrons. The van der Waals surface area contributed by atoms with Crippen molar-refractivity contribution in [2.75, 3.05) is 25.0 Å². The van der Waals surface area contributed by atoms with Gasteiger partial charge in [0, 0.05) is 31.5 Å². The number of esters is 1. The van der Waals surface area contributed by atoms with Crippen LogP contribution in [0.3, 0.4) is 0 Å².